The zero-order chi connectivity index (χ0) is 14.3. The van der Waals surface area contributed by atoms with Crippen molar-refractivity contribution >= 4 is 23.2 Å². The van der Waals surface area contributed by atoms with Gasteiger partial charge in [-0.05, 0) is 44.4 Å². The number of halogens is 2. The Labute approximate surface area is 127 Å². The van der Waals surface area contributed by atoms with Crippen molar-refractivity contribution in [3.05, 3.63) is 45.3 Å². The molecular weight excluding hydrogens is 295 g/mol. The minimum atomic E-state index is 0.420. The molecule has 1 aliphatic carbocycles. The van der Waals surface area contributed by atoms with Gasteiger partial charge in [0.05, 0.1) is 5.02 Å². The Morgan fingerprint density at radius 3 is 2.60 bits per heavy atom. The van der Waals surface area contributed by atoms with Crippen molar-refractivity contribution in [1.82, 2.24) is 9.97 Å². The minimum Gasteiger partial charge on any atom is -0.437 e. The number of hydrogen-bond donors (Lipinski definition) is 0. The largest absolute Gasteiger partial charge is 0.437 e. The number of nitrogens with zero attached hydrogens (tertiary/aromatic N) is 2. The van der Waals surface area contributed by atoms with E-state index in [-0.39, 0.29) is 0 Å². The summed E-state index contributed by atoms with van der Waals surface area (Å²) in [6, 6.07) is 5.63. The van der Waals surface area contributed by atoms with Crippen LogP contribution in [0, 0.1) is 13.8 Å². The lowest BCUT2D eigenvalue weighted by Crippen LogP contribution is -2.00. The van der Waals surface area contributed by atoms with E-state index >= 15 is 0 Å². The van der Waals surface area contributed by atoms with E-state index in [0.29, 0.717) is 27.7 Å². The highest BCUT2D eigenvalue weighted by Gasteiger charge is 2.28. The molecule has 1 heterocycles. The summed E-state index contributed by atoms with van der Waals surface area (Å²) >= 11 is 12.3. The van der Waals surface area contributed by atoms with Gasteiger partial charge in [-0.2, -0.15) is 4.98 Å². The molecule has 1 aromatic heterocycles. The molecule has 1 saturated carbocycles. The molecule has 0 atom stereocenters. The first-order chi connectivity index (χ1) is 9.54. The molecule has 5 heteroatoms. The van der Waals surface area contributed by atoms with E-state index in [1.165, 1.54) is 0 Å². The van der Waals surface area contributed by atoms with Gasteiger partial charge in [0.1, 0.15) is 16.7 Å². The van der Waals surface area contributed by atoms with Crippen LogP contribution in [0.2, 0.25) is 10.2 Å². The number of aromatic nitrogens is 2. The second-order valence-electron chi connectivity index (χ2n) is 5.11. The summed E-state index contributed by atoms with van der Waals surface area (Å²) in [5.74, 6) is 2.26. The minimum absolute atomic E-state index is 0.420. The fourth-order valence-electron chi connectivity index (χ4n) is 1.90. The summed E-state index contributed by atoms with van der Waals surface area (Å²) in [5.41, 5.74) is 1.80. The second kappa shape index (κ2) is 5.23. The molecule has 1 aromatic carbocycles. The van der Waals surface area contributed by atoms with E-state index in [2.05, 4.69) is 9.97 Å². The van der Waals surface area contributed by atoms with Crippen LogP contribution in [0.25, 0.3) is 0 Å². The Morgan fingerprint density at radius 2 is 1.90 bits per heavy atom. The van der Waals surface area contributed by atoms with Gasteiger partial charge in [-0.3, -0.25) is 0 Å². The van der Waals surface area contributed by atoms with Gasteiger partial charge in [-0.25, -0.2) is 4.98 Å². The van der Waals surface area contributed by atoms with Crippen molar-refractivity contribution in [1.29, 1.82) is 0 Å². The molecule has 20 heavy (non-hydrogen) atoms. The molecule has 0 unspecified atom stereocenters. The topological polar surface area (TPSA) is 35.0 Å². The maximum atomic E-state index is 6.16. The summed E-state index contributed by atoms with van der Waals surface area (Å²) in [5, 5.41) is 0.999. The van der Waals surface area contributed by atoms with Gasteiger partial charge in [0.15, 0.2) is 0 Å². The van der Waals surface area contributed by atoms with E-state index in [0.717, 1.165) is 29.8 Å². The lowest BCUT2D eigenvalue weighted by atomic mass is 10.2. The number of hydrogen-bond acceptors (Lipinski definition) is 3. The zero-order valence-electron chi connectivity index (χ0n) is 11.3. The molecule has 3 nitrogen and oxygen atoms in total. The van der Waals surface area contributed by atoms with E-state index in [4.69, 9.17) is 27.9 Å². The fraction of sp³-hybridized carbons (Fsp3) is 0.333. The van der Waals surface area contributed by atoms with Crippen LogP contribution in [-0.4, -0.2) is 9.97 Å². The van der Waals surface area contributed by atoms with Crippen molar-refractivity contribution in [3.63, 3.8) is 0 Å². The van der Waals surface area contributed by atoms with E-state index in [1.54, 1.807) is 0 Å². The van der Waals surface area contributed by atoms with Crippen LogP contribution < -0.4 is 4.74 Å². The van der Waals surface area contributed by atoms with Crippen LogP contribution in [0.15, 0.2) is 18.2 Å². The normalized spacial score (nSPS) is 14.4. The van der Waals surface area contributed by atoms with Crippen molar-refractivity contribution < 1.29 is 4.74 Å². The van der Waals surface area contributed by atoms with Gasteiger partial charge >= 0.3 is 0 Å². The summed E-state index contributed by atoms with van der Waals surface area (Å²) in [6.45, 7) is 3.83. The second-order valence-corrected chi connectivity index (χ2v) is 5.88. The third-order valence-electron chi connectivity index (χ3n) is 3.29. The van der Waals surface area contributed by atoms with Crippen LogP contribution >= 0.6 is 23.2 Å². The SMILES string of the molecule is Cc1ccc(Cl)c(Oc2nc(C3CC3)nc(Cl)c2C)c1. The Morgan fingerprint density at radius 1 is 1.15 bits per heavy atom. The third-order valence-corrected chi connectivity index (χ3v) is 3.98. The first kappa shape index (κ1) is 13.7. The van der Waals surface area contributed by atoms with Crippen LogP contribution in [0.5, 0.6) is 11.6 Å². The van der Waals surface area contributed by atoms with Gasteiger partial charge in [0, 0.05) is 11.5 Å². The molecule has 0 aliphatic heterocycles. The maximum absolute atomic E-state index is 6.16. The summed E-state index contributed by atoms with van der Waals surface area (Å²) in [7, 11) is 0. The monoisotopic (exact) mass is 308 g/mol. The van der Waals surface area contributed by atoms with E-state index in [9.17, 15) is 0 Å². The molecule has 0 amide bonds. The van der Waals surface area contributed by atoms with Crippen LogP contribution in [-0.2, 0) is 0 Å². The first-order valence-electron chi connectivity index (χ1n) is 6.52. The molecule has 0 bridgehead atoms. The van der Waals surface area contributed by atoms with Crippen molar-refractivity contribution in [2.45, 2.75) is 32.6 Å². The third kappa shape index (κ3) is 2.74. The molecule has 0 radical (unpaired) electrons. The highest BCUT2D eigenvalue weighted by Crippen LogP contribution is 2.40. The van der Waals surface area contributed by atoms with Gasteiger partial charge in [0.25, 0.3) is 0 Å². The molecule has 2 aromatic rings. The molecule has 1 aliphatic rings. The van der Waals surface area contributed by atoms with Crippen LogP contribution in [0.3, 0.4) is 0 Å². The van der Waals surface area contributed by atoms with Gasteiger partial charge in [0.2, 0.25) is 5.88 Å². The summed E-state index contributed by atoms with van der Waals surface area (Å²) in [4.78, 5) is 8.80. The molecule has 0 spiro atoms. The van der Waals surface area contributed by atoms with Gasteiger partial charge < -0.3 is 4.74 Å². The summed E-state index contributed by atoms with van der Waals surface area (Å²) < 4.78 is 5.85. The number of aryl methyl sites for hydroxylation is 1. The van der Waals surface area contributed by atoms with Gasteiger partial charge in [-0.1, -0.05) is 29.3 Å². The molecule has 3 rings (SSSR count). The first-order valence-corrected chi connectivity index (χ1v) is 7.28. The van der Waals surface area contributed by atoms with Crippen LogP contribution in [0.1, 0.15) is 35.7 Å². The van der Waals surface area contributed by atoms with Crippen molar-refractivity contribution in [2.75, 3.05) is 0 Å². The molecule has 0 saturated heterocycles. The predicted molar refractivity (Wildman–Crippen MR) is 80.0 cm³/mol. The molecule has 1 fully saturated rings. The van der Waals surface area contributed by atoms with Crippen molar-refractivity contribution in [2.24, 2.45) is 0 Å². The Hall–Kier alpha value is -1.32. The molecular formula is C15H14Cl2N2O. The number of benzene rings is 1. The number of rotatable bonds is 3. The Kier molecular flexibility index (Phi) is 3.57. The van der Waals surface area contributed by atoms with E-state index in [1.807, 2.05) is 32.0 Å². The van der Waals surface area contributed by atoms with E-state index < -0.39 is 0 Å². The number of ether oxygens (including phenoxy) is 1. The van der Waals surface area contributed by atoms with Crippen LogP contribution in [0.4, 0.5) is 0 Å². The lowest BCUT2D eigenvalue weighted by Gasteiger charge is -2.11. The van der Waals surface area contributed by atoms with Gasteiger partial charge in [-0.15, -0.1) is 0 Å². The lowest BCUT2D eigenvalue weighted by molar-refractivity contribution is 0.454. The molecule has 0 N–H and O–H groups in total. The predicted octanol–water partition coefficient (Wildman–Crippen LogP) is 5.07. The molecule has 104 valence electrons. The highest BCUT2D eigenvalue weighted by molar-refractivity contribution is 6.32. The summed E-state index contributed by atoms with van der Waals surface area (Å²) in [6.07, 6.45) is 2.23. The smallest absolute Gasteiger partial charge is 0.227 e. The Bertz CT molecular complexity index is 669. The van der Waals surface area contributed by atoms with Crippen molar-refractivity contribution in [3.8, 4) is 11.6 Å². The average molecular weight is 309 g/mol. The highest BCUT2D eigenvalue weighted by atomic mass is 35.5. The standard InChI is InChI=1S/C15H14Cl2N2O/c1-8-3-6-11(16)12(7-8)20-15-9(2)13(17)18-14(19-15)10-4-5-10/h3,6-7,10H,4-5H2,1-2H3. The fourth-order valence-corrected chi connectivity index (χ4v) is 2.23. The Balaban J connectivity index is 1.99. The maximum Gasteiger partial charge on any atom is 0.227 e. The zero-order valence-corrected chi connectivity index (χ0v) is 12.8. The quantitative estimate of drug-likeness (QED) is 0.742. The average Bonchev–Trinajstić information content (AvgIpc) is 3.23.